The molecular weight excluding hydrogens is 242 g/mol. The molecule has 0 bridgehead atoms. The molecule has 0 fully saturated rings. The molecule has 1 rings (SSSR count). The maximum Gasteiger partial charge on any atom is 0.328 e. The van der Waals surface area contributed by atoms with E-state index in [1.54, 1.807) is 0 Å². The molecule has 1 amide bonds. The van der Waals surface area contributed by atoms with E-state index >= 15 is 0 Å². The Bertz CT molecular complexity index is 531. The monoisotopic (exact) mass is 255 g/mol. The van der Waals surface area contributed by atoms with Crippen molar-refractivity contribution < 1.29 is 14.3 Å². The van der Waals surface area contributed by atoms with Crippen LogP contribution in [0.25, 0.3) is 0 Å². The van der Waals surface area contributed by atoms with Gasteiger partial charge in [-0.3, -0.25) is 14.6 Å². The van der Waals surface area contributed by atoms with Gasteiger partial charge in [-0.25, -0.2) is 9.59 Å². The van der Waals surface area contributed by atoms with Gasteiger partial charge in [-0.2, -0.15) is 0 Å². The van der Waals surface area contributed by atoms with Crippen LogP contribution in [0.4, 0.5) is 0 Å². The minimum Gasteiger partial charge on any atom is -0.467 e. The summed E-state index contributed by atoms with van der Waals surface area (Å²) >= 11 is 0. The fraction of sp³-hybridized carbons (Fsp3) is 0.400. The molecule has 0 aliphatic rings. The number of carbonyl (C=O) groups is 2. The van der Waals surface area contributed by atoms with Crippen LogP contribution in [-0.4, -0.2) is 35.0 Å². The molecule has 1 aromatic heterocycles. The molecule has 1 aromatic rings. The van der Waals surface area contributed by atoms with Gasteiger partial charge < -0.3 is 15.0 Å². The van der Waals surface area contributed by atoms with Crippen molar-refractivity contribution in [3.05, 3.63) is 32.6 Å². The molecule has 0 aromatic carbocycles. The highest BCUT2D eigenvalue weighted by molar-refractivity contribution is 5.85. The number of aromatic nitrogens is 2. The van der Waals surface area contributed by atoms with Gasteiger partial charge >= 0.3 is 11.7 Å². The van der Waals surface area contributed by atoms with Gasteiger partial charge in [-0.05, 0) is 6.92 Å². The van der Waals surface area contributed by atoms with Crippen molar-refractivity contribution in [2.45, 2.75) is 19.4 Å². The first-order chi connectivity index (χ1) is 8.42. The smallest absolute Gasteiger partial charge is 0.328 e. The minimum absolute atomic E-state index is 0.165. The summed E-state index contributed by atoms with van der Waals surface area (Å²) in [7, 11) is 1.21. The summed E-state index contributed by atoms with van der Waals surface area (Å²) in [5.41, 5.74) is -1.12. The summed E-state index contributed by atoms with van der Waals surface area (Å²) < 4.78 is 4.43. The fourth-order valence-electron chi connectivity index (χ4n) is 1.32. The maximum atomic E-state index is 11.5. The van der Waals surface area contributed by atoms with E-state index in [1.807, 2.05) is 4.98 Å². The number of rotatable bonds is 4. The van der Waals surface area contributed by atoms with E-state index in [1.165, 1.54) is 14.0 Å². The second-order valence-corrected chi connectivity index (χ2v) is 3.60. The van der Waals surface area contributed by atoms with Gasteiger partial charge in [-0.1, -0.05) is 0 Å². The van der Waals surface area contributed by atoms with Crippen molar-refractivity contribution in [2.24, 2.45) is 0 Å². The largest absolute Gasteiger partial charge is 0.467 e. The van der Waals surface area contributed by atoms with Crippen LogP contribution in [0.2, 0.25) is 0 Å². The molecule has 0 aliphatic heterocycles. The molecule has 0 spiro atoms. The number of esters is 1. The highest BCUT2D eigenvalue weighted by Gasteiger charge is 2.16. The van der Waals surface area contributed by atoms with Gasteiger partial charge in [0, 0.05) is 11.8 Å². The predicted molar refractivity (Wildman–Crippen MR) is 61.0 cm³/mol. The fourth-order valence-corrected chi connectivity index (χ4v) is 1.32. The molecule has 3 N–H and O–H groups in total. The van der Waals surface area contributed by atoms with Crippen molar-refractivity contribution in [3.8, 4) is 0 Å². The van der Waals surface area contributed by atoms with E-state index in [0.29, 0.717) is 0 Å². The van der Waals surface area contributed by atoms with Gasteiger partial charge in [-0.15, -0.1) is 0 Å². The van der Waals surface area contributed by atoms with Crippen LogP contribution in [0.5, 0.6) is 0 Å². The standard InChI is InChI=1S/C10H13N3O5/c1-5(9(16)18-2)11-7(14)3-6-4-8(15)13-10(17)12-6/h4-5H,3H2,1-2H3,(H,11,14)(H2,12,13,15,17). The van der Waals surface area contributed by atoms with Gasteiger partial charge in [0.1, 0.15) is 6.04 Å². The van der Waals surface area contributed by atoms with Gasteiger partial charge in [0.25, 0.3) is 5.56 Å². The second-order valence-electron chi connectivity index (χ2n) is 3.60. The summed E-state index contributed by atoms with van der Waals surface area (Å²) in [6, 6.07) is 0.306. The summed E-state index contributed by atoms with van der Waals surface area (Å²) in [4.78, 5) is 48.8. The zero-order chi connectivity index (χ0) is 13.7. The number of methoxy groups -OCH3 is 1. The zero-order valence-corrected chi connectivity index (χ0v) is 9.90. The molecule has 98 valence electrons. The Morgan fingerprint density at radius 1 is 1.39 bits per heavy atom. The molecule has 0 saturated carbocycles. The lowest BCUT2D eigenvalue weighted by Crippen LogP contribution is -2.40. The molecule has 0 aliphatic carbocycles. The summed E-state index contributed by atoms with van der Waals surface area (Å²) in [6.45, 7) is 1.46. The first kappa shape index (κ1) is 13.7. The van der Waals surface area contributed by atoms with Crippen LogP contribution in [0, 0.1) is 0 Å². The first-order valence-electron chi connectivity index (χ1n) is 5.12. The SMILES string of the molecule is COC(=O)C(C)NC(=O)Cc1cc(=O)[nH]c(=O)[nH]1. The third-order valence-electron chi connectivity index (χ3n) is 2.10. The van der Waals surface area contributed by atoms with Gasteiger partial charge in [0.2, 0.25) is 5.91 Å². The van der Waals surface area contributed by atoms with Gasteiger partial charge in [0.15, 0.2) is 0 Å². The van der Waals surface area contributed by atoms with Crippen LogP contribution in [-0.2, 0) is 20.7 Å². The first-order valence-corrected chi connectivity index (χ1v) is 5.12. The van der Waals surface area contributed by atoms with Crippen molar-refractivity contribution in [1.82, 2.24) is 15.3 Å². The lowest BCUT2D eigenvalue weighted by Gasteiger charge is -2.11. The minimum atomic E-state index is -0.795. The Kier molecular flexibility index (Phi) is 4.41. The number of ether oxygens (including phenoxy) is 1. The zero-order valence-electron chi connectivity index (χ0n) is 9.90. The number of carbonyl (C=O) groups excluding carboxylic acids is 2. The number of H-pyrrole nitrogens is 2. The number of aromatic amines is 2. The molecule has 18 heavy (non-hydrogen) atoms. The third kappa shape index (κ3) is 3.89. The van der Waals surface area contributed by atoms with Gasteiger partial charge in [0.05, 0.1) is 13.5 Å². The average Bonchev–Trinajstić information content (AvgIpc) is 2.25. The topological polar surface area (TPSA) is 121 Å². The van der Waals surface area contributed by atoms with Crippen LogP contribution in [0.3, 0.4) is 0 Å². The van der Waals surface area contributed by atoms with E-state index in [4.69, 9.17) is 0 Å². The highest BCUT2D eigenvalue weighted by atomic mass is 16.5. The van der Waals surface area contributed by atoms with Crippen LogP contribution in [0.1, 0.15) is 12.6 Å². The van der Waals surface area contributed by atoms with E-state index in [9.17, 15) is 19.2 Å². The Morgan fingerprint density at radius 3 is 2.61 bits per heavy atom. The lowest BCUT2D eigenvalue weighted by atomic mass is 10.2. The number of hydrogen-bond donors (Lipinski definition) is 3. The van der Waals surface area contributed by atoms with E-state index in [-0.39, 0.29) is 12.1 Å². The summed E-state index contributed by atoms with van der Waals surface area (Å²) in [6.07, 6.45) is -0.208. The summed E-state index contributed by atoms with van der Waals surface area (Å²) in [5, 5.41) is 2.37. The number of hydrogen-bond acceptors (Lipinski definition) is 5. The quantitative estimate of drug-likeness (QED) is 0.553. The Morgan fingerprint density at radius 2 is 2.06 bits per heavy atom. The third-order valence-corrected chi connectivity index (χ3v) is 2.10. The maximum absolute atomic E-state index is 11.5. The molecule has 1 atom stereocenters. The number of nitrogens with one attached hydrogen (secondary N) is 3. The van der Waals surface area contributed by atoms with E-state index in [2.05, 4.69) is 15.0 Å². The van der Waals surface area contributed by atoms with Crippen LogP contribution >= 0.6 is 0 Å². The molecule has 1 unspecified atom stereocenters. The lowest BCUT2D eigenvalue weighted by molar-refractivity contribution is -0.144. The molecule has 8 heteroatoms. The molecular formula is C10H13N3O5. The van der Waals surface area contributed by atoms with Crippen LogP contribution < -0.4 is 16.6 Å². The van der Waals surface area contributed by atoms with Crippen LogP contribution in [0.15, 0.2) is 15.7 Å². The molecule has 0 saturated heterocycles. The normalized spacial score (nSPS) is 11.7. The van der Waals surface area contributed by atoms with Crippen molar-refractivity contribution in [3.63, 3.8) is 0 Å². The van der Waals surface area contributed by atoms with E-state index < -0.39 is 29.2 Å². The van der Waals surface area contributed by atoms with E-state index in [0.717, 1.165) is 6.07 Å². The van der Waals surface area contributed by atoms with Crippen molar-refractivity contribution in [2.75, 3.05) is 7.11 Å². The predicted octanol–water partition coefficient (Wildman–Crippen LogP) is -1.72. The highest BCUT2D eigenvalue weighted by Crippen LogP contribution is 1.91. The molecule has 8 nitrogen and oxygen atoms in total. The molecule has 0 radical (unpaired) electrons. The Balaban J connectivity index is 2.68. The van der Waals surface area contributed by atoms with Crippen molar-refractivity contribution in [1.29, 1.82) is 0 Å². The number of amides is 1. The Hall–Kier alpha value is -2.38. The Labute approximate surface area is 101 Å². The second kappa shape index (κ2) is 5.80. The molecule has 1 heterocycles. The summed E-state index contributed by atoms with van der Waals surface area (Å²) in [5.74, 6) is -1.09. The average molecular weight is 255 g/mol. The van der Waals surface area contributed by atoms with Crippen molar-refractivity contribution >= 4 is 11.9 Å².